The summed E-state index contributed by atoms with van der Waals surface area (Å²) in [6.45, 7) is 6.17. The molecule has 0 saturated heterocycles. The lowest BCUT2D eigenvalue weighted by molar-refractivity contribution is 0.286. The van der Waals surface area contributed by atoms with Crippen LogP contribution in [-0.4, -0.2) is 6.61 Å². The van der Waals surface area contributed by atoms with Gasteiger partial charge >= 0.3 is 0 Å². The van der Waals surface area contributed by atoms with Crippen LogP contribution >= 0.6 is 0 Å². The summed E-state index contributed by atoms with van der Waals surface area (Å²) >= 11 is 0. The third-order valence-electron chi connectivity index (χ3n) is 0.766. The fraction of sp³-hybridized carbons (Fsp3) is 0.571. The van der Waals surface area contributed by atoms with E-state index < -0.39 is 0 Å². The van der Waals surface area contributed by atoms with Gasteiger partial charge in [-0.05, 0) is 19.4 Å². The minimum atomic E-state index is 0.528. The monoisotopic (exact) mass is 113 g/mol. The lowest BCUT2D eigenvalue weighted by Gasteiger charge is -1.89. The van der Waals surface area contributed by atoms with Gasteiger partial charge in [0.05, 0.1) is 12.9 Å². The molecule has 0 fully saturated rings. The minimum Gasteiger partial charge on any atom is -0.502 e. The van der Waals surface area contributed by atoms with Gasteiger partial charge in [0.2, 0.25) is 0 Å². The molecule has 0 aromatic carbocycles. The van der Waals surface area contributed by atoms with Crippen LogP contribution in [0.25, 0.3) is 0 Å². The first-order valence-electron chi connectivity index (χ1n) is 2.97. The first kappa shape index (κ1) is 7.54. The number of unbranched alkanes of at least 4 members (excludes halogenated alkanes) is 1. The van der Waals surface area contributed by atoms with Crippen molar-refractivity contribution in [3.05, 3.63) is 19.3 Å². The molecule has 0 bridgehead atoms. The highest BCUT2D eigenvalue weighted by molar-refractivity contribution is 4.72. The van der Waals surface area contributed by atoms with Gasteiger partial charge in [0.15, 0.2) is 0 Å². The summed E-state index contributed by atoms with van der Waals surface area (Å²) in [5, 5.41) is 0. The van der Waals surface area contributed by atoms with E-state index >= 15 is 0 Å². The third kappa shape index (κ3) is 5.54. The molecule has 0 aliphatic rings. The average molecular weight is 113 g/mol. The number of allylic oxidation sites excluding steroid dienone is 1. The van der Waals surface area contributed by atoms with Crippen LogP contribution in [0, 0.1) is 6.92 Å². The molecule has 0 N–H and O–H groups in total. The number of hydrogen-bond acceptors (Lipinski definition) is 1. The summed E-state index contributed by atoms with van der Waals surface area (Å²) in [5.74, 6) is 0. The first-order chi connectivity index (χ1) is 3.91. The van der Waals surface area contributed by atoms with Crippen LogP contribution in [0.15, 0.2) is 12.3 Å². The van der Waals surface area contributed by atoms with Gasteiger partial charge in [-0.25, -0.2) is 0 Å². The van der Waals surface area contributed by atoms with Gasteiger partial charge < -0.3 is 4.74 Å². The van der Waals surface area contributed by atoms with Crippen molar-refractivity contribution < 1.29 is 4.74 Å². The van der Waals surface area contributed by atoms with Crippen LogP contribution in [0.5, 0.6) is 0 Å². The van der Waals surface area contributed by atoms with Crippen LogP contribution in [0.3, 0.4) is 0 Å². The lowest BCUT2D eigenvalue weighted by atomic mass is 10.3. The molecule has 1 heteroatoms. The van der Waals surface area contributed by atoms with Crippen LogP contribution in [0.2, 0.25) is 0 Å². The molecule has 1 radical (unpaired) electrons. The van der Waals surface area contributed by atoms with Crippen molar-refractivity contribution in [2.75, 3.05) is 6.61 Å². The summed E-state index contributed by atoms with van der Waals surface area (Å²) in [5.41, 5.74) is 0. The fourth-order valence-corrected chi connectivity index (χ4v) is 0.371. The Bertz CT molecular complexity index is 49.4. The highest BCUT2D eigenvalue weighted by atomic mass is 16.5. The predicted molar refractivity (Wildman–Crippen MR) is 35.4 cm³/mol. The zero-order valence-corrected chi connectivity index (χ0v) is 5.39. The predicted octanol–water partition coefficient (Wildman–Crippen LogP) is 2.15. The van der Waals surface area contributed by atoms with Gasteiger partial charge in [0.1, 0.15) is 0 Å². The van der Waals surface area contributed by atoms with Crippen LogP contribution in [0.1, 0.15) is 19.8 Å². The van der Waals surface area contributed by atoms with E-state index in [-0.39, 0.29) is 0 Å². The maximum Gasteiger partial charge on any atom is 0.0874 e. The molecule has 1 nitrogen and oxygen atoms in total. The standard InChI is InChI=1S/C7H13O/c1-3-5-6-7-8-4-2/h6-7H,2-5H2,1H3/b7-6+. The maximum absolute atomic E-state index is 4.84. The van der Waals surface area contributed by atoms with Crippen molar-refractivity contribution in [3.63, 3.8) is 0 Å². The van der Waals surface area contributed by atoms with Crippen molar-refractivity contribution >= 4 is 0 Å². The Labute approximate surface area is 51.4 Å². The summed E-state index contributed by atoms with van der Waals surface area (Å²) in [6, 6.07) is 0. The van der Waals surface area contributed by atoms with E-state index in [0.29, 0.717) is 6.61 Å². The SMILES string of the molecule is [CH2]CO/C=C/CCC. The van der Waals surface area contributed by atoms with E-state index in [9.17, 15) is 0 Å². The Morgan fingerprint density at radius 3 is 2.88 bits per heavy atom. The van der Waals surface area contributed by atoms with E-state index in [1.54, 1.807) is 6.26 Å². The average Bonchev–Trinajstić information content (AvgIpc) is 1.81. The van der Waals surface area contributed by atoms with Gasteiger partial charge in [-0.3, -0.25) is 0 Å². The highest BCUT2D eigenvalue weighted by Gasteiger charge is 1.70. The van der Waals surface area contributed by atoms with Crippen LogP contribution in [0.4, 0.5) is 0 Å². The molecular weight excluding hydrogens is 100 g/mol. The van der Waals surface area contributed by atoms with E-state index in [1.807, 2.05) is 6.08 Å². The van der Waals surface area contributed by atoms with Gasteiger partial charge in [-0.2, -0.15) is 0 Å². The van der Waals surface area contributed by atoms with Crippen LogP contribution < -0.4 is 0 Å². The largest absolute Gasteiger partial charge is 0.502 e. The Kier molecular flexibility index (Phi) is 6.16. The van der Waals surface area contributed by atoms with Crippen molar-refractivity contribution in [1.29, 1.82) is 0 Å². The van der Waals surface area contributed by atoms with E-state index in [0.717, 1.165) is 6.42 Å². The molecule has 0 aliphatic heterocycles. The van der Waals surface area contributed by atoms with Gasteiger partial charge in [-0.15, -0.1) is 0 Å². The summed E-state index contributed by atoms with van der Waals surface area (Å²) < 4.78 is 4.84. The molecule has 0 aromatic heterocycles. The maximum atomic E-state index is 4.84. The molecule has 0 amide bonds. The molecule has 47 valence electrons. The summed E-state index contributed by atoms with van der Waals surface area (Å²) in [7, 11) is 0. The van der Waals surface area contributed by atoms with Crippen molar-refractivity contribution in [2.45, 2.75) is 19.8 Å². The fourth-order valence-electron chi connectivity index (χ4n) is 0.371. The van der Waals surface area contributed by atoms with Gasteiger partial charge in [0, 0.05) is 0 Å². The topological polar surface area (TPSA) is 9.23 Å². The second-order valence-corrected chi connectivity index (χ2v) is 1.53. The summed E-state index contributed by atoms with van der Waals surface area (Å²) in [4.78, 5) is 0. The minimum absolute atomic E-state index is 0.528. The Hall–Kier alpha value is -0.460. The van der Waals surface area contributed by atoms with E-state index in [1.165, 1.54) is 6.42 Å². The Balaban J connectivity index is 2.83. The molecule has 0 unspecified atom stereocenters. The molecule has 0 atom stereocenters. The highest BCUT2D eigenvalue weighted by Crippen LogP contribution is 1.87. The zero-order valence-electron chi connectivity index (χ0n) is 5.39. The lowest BCUT2D eigenvalue weighted by Crippen LogP contribution is -1.76. The van der Waals surface area contributed by atoms with Crippen LogP contribution in [-0.2, 0) is 4.74 Å². The molecule has 0 heterocycles. The Morgan fingerprint density at radius 2 is 2.38 bits per heavy atom. The first-order valence-corrected chi connectivity index (χ1v) is 2.97. The van der Waals surface area contributed by atoms with Crippen molar-refractivity contribution in [3.8, 4) is 0 Å². The Morgan fingerprint density at radius 1 is 1.62 bits per heavy atom. The molecule has 0 aromatic rings. The molecule has 0 spiro atoms. The number of rotatable bonds is 4. The van der Waals surface area contributed by atoms with E-state index in [4.69, 9.17) is 4.74 Å². The van der Waals surface area contributed by atoms with Gasteiger partial charge in [-0.1, -0.05) is 13.3 Å². The molecule has 0 saturated carbocycles. The smallest absolute Gasteiger partial charge is 0.0874 e. The second-order valence-electron chi connectivity index (χ2n) is 1.53. The number of ether oxygens (including phenoxy) is 1. The number of hydrogen-bond donors (Lipinski definition) is 0. The second kappa shape index (κ2) is 6.54. The molecule has 0 aliphatic carbocycles. The quantitative estimate of drug-likeness (QED) is 0.507. The molecule has 8 heavy (non-hydrogen) atoms. The third-order valence-corrected chi connectivity index (χ3v) is 0.766. The van der Waals surface area contributed by atoms with Gasteiger partial charge in [0.25, 0.3) is 0 Å². The van der Waals surface area contributed by atoms with Crippen molar-refractivity contribution in [1.82, 2.24) is 0 Å². The zero-order chi connectivity index (χ0) is 6.24. The molecular formula is C7H13O. The molecule has 0 rings (SSSR count). The summed E-state index contributed by atoms with van der Waals surface area (Å²) in [6.07, 6.45) is 5.98. The normalized spacial score (nSPS) is 10.2. The van der Waals surface area contributed by atoms with Crippen molar-refractivity contribution in [2.24, 2.45) is 0 Å². The van der Waals surface area contributed by atoms with E-state index in [2.05, 4.69) is 13.8 Å².